The van der Waals surface area contributed by atoms with Gasteiger partial charge in [-0.15, -0.1) is 0 Å². The number of aliphatic hydroxyl groups is 1. The fourth-order valence-electron chi connectivity index (χ4n) is 8.08. The summed E-state index contributed by atoms with van der Waals surface area (Å²) in [5, 5.41) is 9.49. The number of aliphatic hydroxyl groups excluding tert-OH is 1. The van der Waals surface area contributed by atoms with Crippen LogP contribution in [-0.4, -0.2) is 106 Å². The summed E-state index contributed by atoms with van der Waals surface area (Å²) in [5.41, 5.74) is 0. The number of hydrogen-bond donors (Lipinski definition) is 1. The standard InChI is InChI=1S/C59H109NO11/c1-5-9-13-17-22-30-39-55(62)69-51-54(52-70-56(63)40-31-23-18-14-10-6-2)53-71-57(64)41-32-24-26-34-45-60(46-38-47-61)44-33-25-21-29-35-48-66-58(65)42-43-59(67-49-36-27-19-15-11-7-3)68-50-37-28-20-16-12-8-4/h11-12,15-16,54,59,61H,5-10,13-14,17-53H2,1-4H3/b15-11-,16-12-. The molecule has 0 atom stereocenters. The minimum absolute atomic E-state index is 0.0455. The van der Waals surface area contributed by atoms with Crippen molar-refractivity contribution >= 4 is 23.9 Å². The van der Waals surface area contributed by atoms with Crippen LogP contribution in [0.4, 0.5) is 0 Å². The van der Waals surface area contributed by atoms with Crippen LogP contribution in [0, 0.1) is 5.92 Å². The van der Waals surface area contributed by atoms with Gasteiger partial charge in [0.2, 0.25) is 0 Å². The highest BCUT2D eigenvalue weighted by Gasteiger charge is 2.18. The zero-order chi connectivity index (χ0) is 51.9. The molecule has 0 aromatic rings. The normalized spacial score (nSPS) is 11.8. The van der Waals surface area contributed by atoms with E-state index in [9.17, 15) is 24.3 Å². The predicted octanol–water partition coefficient (Wildman–Crippen LogP) is 14.3. The van der Waals surface area contributed by atoms with E-state index >= 15 is 0 Å². The molecule has 12 nitrogen and oxygen atoms in total. The highest BCUT2D eigenvalue weighted by atomic mass is 16.7. The van der Waals surface area contributed by atoms with Crippen LogP contribution in [0.1, 0.15) is 252 Å². The molecule has 0 aliphatic carbocycles. The van der Waals surface area contributed by atoms with Gasteiger partial charge in [0, 0.05) is 52.0 Å². The maximum atomic E-state index is 12.7. The molecule has 0 aliphatic heterocycles. The van der Waals surface area contributed by atoms with E-state index in [4.69, 9.17) is 28.4 Å². The molecule has 0 spiro atoms. The van der Waals surface area contributed by atoms with Gasteiger partial charge in [0.1, 0.15) is 19.8 Å². The smallest absolute Gasteiger partial charge is 0.305 e. The SMILES string of the molecule is CC/C=C\CCCCOC(CCC(=O)OCCCCCCCN(CCCO)CCCCCCC(=O)OCC(COC(=O)CCCCCCCC)COC(=O)CCCCCCCC)OCCCC/C=C\CC. The first kappa shape index (κ1) is 68.2. The molecule has 0 bridgehead atoms. The van der Waals surface area contributed by atoms with Gasteiger partial charge in [-0.1, -0.05) is 148 Å². The van der Waals surface area contributed by atoms with Crippen LogP contribution in [-0.2, 0) is 47.6 Å². The highest BCUT2D eigenvalue weighted by molar-refractivity contribution is 5.70. The fraction of sp³-hybridized carbons (Fsp3) is 0.864. The number of nitrogens with zero attached hydrogens (tertiary/aromatic N) is 1. The van der Waals surface area contributed by atoms with Crippen LogP contribution in [0.2, 0.25) is 0 Å². The molecular weight excluding hydrogens is 899 g/mol. The summed E-state index contributed by atoms with van der Waals surface area (Å²) in [6, 6.07) is 0. The molecule has 0 heterocycles. The van der Waals surface area contributed by atoms with Gasteiger partial charge in [-0.3, -0.25) is 19.2 Å². The second-order valence-electron chi connectivity index (χ2n) is 19.5. The Hall–Kier alpha value is -2.80. The van der Waals surface area contributed by atoms with Gasteiger partial charge in [0.25, 0.3) is 0 Å². The fourth-order valence-corrected chi connectivity index (χ4v) is 8.08. The average molecular weight is 1010 g/mol. The molecule has 0 aliphatic rings. The van der Waals surface area contributed by atoms with Crippen molar-refractivity contribution in [3.8, 4) is 0 Å². The van der Waals surface area contributed by atoms with Gasteiger partial charge in [0.05, 0.1) is 18.9 Å². The van der Waals surface area contributed by atoms with E-state index in [2.05, 4.69) is 56.9 Å². The summed E-state index contributed by atoms with van der Waals surface area (Å²) in [6.45, 7) is 13.5. The third-order valence-electron chi connectivity index (χ3n) is 12.6. The van der Waals surface area contributed by atoms with E-state index < -0.39 is 5.92 Å². The van der Waals surface area contributed by atoms with Gasteiger partial charge in [-0.05, 0) is 109 Å². The Kier molecular flexibility index (Phi) is 52.8. The van der Waals surface area contributed by atoms with E-state index in [1.165, 1.54) is 38.5 Å². The lowest BCUT2D eigenvalue weighted by Crippen LogP contribution is -2.28. The molecule has 0 unspecified atom stereocenters. The molecule has 0 radical (unpaired) electrons. The van der Waals surface area contributed by atoms with E-state index in [1.807, 2.05) is 0 Å². The molecular formula is C59H109NO11. The van der Waals surface area contributed by atoms with Crippen molar-refractivity contribution in [2.24, 2.45) is 5.92 Å². The number of ether oxygens (including phenoxy) is 6. The maximum Gasteiger partial charge on any atom is 0.305 e. The predicted molar refractivity (Wildman–Crippen MR) is 289 cm³/mol. The van der Waals surface area contributed by atoms with Gasteiger partial charge >= 0.3 is 23.9 Å². The van der Waals surface area contributed by atoms with E-state index in [1.54, 1.807) is 0 Å². The maximum absolute atomic E-state index is 12.7. The Morgan fingerprint density at radius 1 is 0.408 bits per heavy atom. The number of carbonyl (C=O) groups is 4. The summed E-state index contributed by atoms with van der Waals surface area (Å²) < 4.78 is 34.4. The first-order valence-electron chi connectivity index (χ1n) is 29.3. The highest BCUT2D eigenvalue weighted by Crippen LogP contribution is 2.15. The lowest BCUT2D eigenvalue weighted by Gasteiger charge is -2.22. The Bertz CT molecular complexity index is 1200. The number of esters is 4. The Balaban J connectivity index is 4.48. The van der Waals surface area contributed by atoms with Crippen molar-refractivity contribution in [2.75, 3.05) is 65.9 Å². The summed E-state index contributed by atoms with van der Waals surface area (Å²) >= 11 is 0. The zero-order valence-corrected chi connectivity index (χ0v) is 46.3. The Morgan fingerprint density at radius 3 is 1.23 bits per heavy atom. The van der Waals surface area contributed by atoms with E-state index in [0.29, 0.717) is 51.9 Å². The molecule has 416 valence electrons. The first-order chi connectivity index (χ1) is 34.8. The van der Waals surface area contributed by atoms with Crippen molar-refractivity contribution in [2.45, 2.75) is 259 Å². The summed E-state index contributed by atoms with van der Waals surface area (Å²) in [7, 11) is 0. The van der Waals surface area contributed by atoms with Crippen molar-refractivity contribution in [1.29, 1.82) is 0 Å². The van der Waals surface area contributed by atoms with Crippen LogP contribution in [0.5, 0.6) is 0 Å². The van der Waals surface area contributed by atoms with Gasteiger partial charge in [-0.25, -0.2) is 0 Å². The molecule has 71 heavy (non-hydrogen) atoms. The lowest BCUT2D eigenvalue weighted by atomic mass is 10.1. The quantitative estimate of drug-likeness (QED) is 0.0203. The number of allylic oxidation sites excluding steroid dienone is 4. The van der Waals surface area contributed by atoms with E-state index in [-0.39, 0.29) is 56.6 Å². The average Bonchev–Trinajstić information content (AvgIpc) is 3.37. The van der Waals surface area contributed by atoms with Crippen LogP contribution < -0.4 is 0 Å². The summed E-state index contributed by atoms with van der Waals surface area (Å²) in [5.74, 6) is -1.41. The Morgan fingerprint density at radius 2 is 0.789 bits per heavy atom. The first-order valence-corrected chi connectivity index (χ1v) is 29.3. The van der Waals surface area contributed by atoms with Crippen LogP contribution in [0.15, 0.2) is 24.3 Å². The van der Waals surface area contributed by atoms with Crippen LogP contribution >= 0.6 is 0 Å². The van der Waals surface area contributed by atoms with Crippen molar-refractivity contribution in [3.05, 3.63) is 24.3 Å². The van der Waals surface area contributed by atoms with Crippen LogP contribution in [0.25, 0.3) is 0 Å². The number of rotatable bonds is 55. The van der Waals surface area contributed by atoms with Crippen molar-refractivity contribution < 1.29 is 52.7 Å². The number of carbonyl (C=O) groups excluding carboxylic acids is 4. The third kappa shape index (κ3) is 50.5. The lowest BCUT2D eigenvalue weighted by molar-refractivity contribution is -0.159. The van der Waals surface area contributed by atoms with E-state index in [0.717, 1.165) is 174 Å². The van der Waals surface area contributed by atoms with Crippen molar-refractivity contribution in [1.82, 2.24) is 4.90 Å². The molecule has 0 saturated carbocycles. The van der Waals surface area contributed by atoms with Gasteiger partial charge in [0.15, 0.2) is 6.29 Å². The molecule has 0 rings (SSSR count). The zero-order valence-electron chi connectivity index (χ0n) is 46.3. The molecule has 0 amide bonds. The third-order valence-corrected chi connectivity index (χ3v) is 12.6. The van der Waals surface area contributed by atoms with Gasteiger partial charge < -0.3 is 38.4 Å². The minimum Gasteiger partial charge on any atom is -0.466 e. The van der Waals surface area contributed by atoms with Crippen LogP contribution in [0.3, 0.4) is 0 Å². The largest absolute Gasteiger partial charge is 0.466 e. The molecule has 0 aromatic carbocycles. The Labute approximate surface area is 434 Å². The van der Waals surface area contributed by atoms with Gasteiger partial charge in [-0.2, -0.15) is 0 Å². The molecule has 0 fully saturated rings. The molecule has 0 saturated heterocycles. The summed E-state index contributed by atoms with van der Waals surface area (Å²) in [6.07, 6.45) is 41.2. The second-order valence-corrected chi connectivity index (χ2v) is 19.5. The monoisotopic (exact) mass is 1010 g/mol. The van der Waals surface area contributed by atoms with Crippen molar-refractivity contribution in [3.63, 3.8) is 0 Å². The topological polar surface area (TPSA) is 147 Å². The number of hydrogen-bond acceptors (Lipinski definition) is 12. The molecule has 0 aromatic heterocycles. The molecule has 12 heteroatoms. The second kappa shape index (κ2) is 55.0. The number of unbranched alkanes of at least 4 members (excludes halogenated alkanes) is 21. The minimum atomic E-state index is -0.401. The summed E-state index contributed by atoms with van der Waals surface area (Å²) in [4.78, 5) is 52.6. The molecule has 1 N–H and O–H groups in total.